The molecular weight excluding hydrogens is 280 g/mol. The predicted octanol–water partition coefficient (Wildman–Crippen LogP) is 0.717. The lowest BCUT2D eigenvalue weighted by Gasteiger charge is -2.20. The first-order valence-corrected chi connectivity index (χ1v) is 8.03. The van der Waals surface area contributed by atoms with Crippen LogP contribution in [0.5, 0.6) is 5.75 Å². The number of nitrogens with one attached hydrogen (secondary N) is 1. The molecule has 0 saturated heterocycles. The number of anilines is 1. The molecule has 4 N–H and O–H groups in total. The fraction of sp³-hybridized carbons (Fsp3) is 0.538. The minimum Gasteiger partial charge on any atom is -0.495 e. The maximum absolute atomic E-state index is 12.5. The van der Waals surface area contributed by atoms with Gasteiger partial charge in [-0.15, -0.1) is 0 Å². The fourth-order valence-electron chi connectivity index (χ4n) is 2.58. The van der Waals surface area contributed by atoms with Crippen molar-refractivity contribution in [3.8, 4) is 5.75 Å². The van der Waals surface area contributed by atoms with Gasteiger partial charge < -0.3 is 15.6 Å². The van der Waals surface area contributed by atoms with E-state index in [0.29, 0.717) is 5.69 Å². The third-order valence-corrected chi connectivity index (χ3v) is 5.19. The van der Waals surface area contributed by atoms with Gasteiger partial charge in [0.1, 0.15) is 10.6 Å². The Morgan fingerprint density at radius 2 is 2.20 bits per heavy atom. The second kappa shape index (κ2) is 5.99. The van der Waals surface area contributed by atoms with Crippen LogP contribution in [0.1, 0.15) is 19.3 Å². The van der Waals surface area contributed by atoms with E-state index in [0.717, 1.165) is 19.3 Å². The Bertz CT molecular complexity index is 574. The summed E-state index contributed by atoms with van der Waals surface area (Å²) in [6.45, 7) is -0.0126. The first-order valence-electron chi connectivity index (χ1n) is 6.54. The van der Waals surface area contributed by atoms with Gasteiger partial charge in [0.15, 0.2) is 0 Å². The summed E-state index contributed by atoms with van der Waals surface area (Å²) in [5, 5.41) is 9.27. The zero-order valence-corrected chi connectivity index (χ0v) is 12.2. The van der Waals surface area contributed by atoms with E-state index >= 15 is 0 Å². The Labute approximate surface area is 119 Å². The van der Waals surface area contributed by atoms with E-state index in [1.54, 1.807) is 6.07 Å². The monoisotopic (exact) mass is 300 g/mol. The number of hydrogen-bond acceptors (Lipinski definition) is 5. The molecular formula is C13H20N2O4S. The predicted molar refractivity (Wildman–Crippen MR) is 75.9 cm³/mol. The molecule has 0 spiro atoms. The maximum Gasteiger partial charge on any atom is 0.244 e. The van der Waals surface area contributed by atoms with E-state index in [1.807, 2.05) is 0 Å². The highest BCUT2D eigenvalue weighted by molar-refractivity contribution is 7.89. The van der Waals surface area contributed by atoms with Crippen molar-refractivity contribution in [2.75, 3.05) is 19.5 Å². The van der Waals surface area contributed by atoms with Crippen LogP contribution in [0.3, 0.4) is 0 Å². The Morgan fingerprint density at radius 1 is 1.45 bits per heavy atom. The van der Waals surface area contributed by atoms with Crippen LogP contribution in [0, 0.1) is 5.92 Å². The molecule has 0 aromatic heterocycles. The lowest BCUT2D eigenvalue weighted by molar-refractivity contribution is 0.213. The highest BCUT2D eigenvalue weighted by Gasteiger charge is 2.32. The van der Waals surface area contributed by atoms with Crippen molar-refractivity contribution in [3.05, 3.63) is 18.2 Å². The van der Waals surface area contributed by atoms with Crippen molar-refractivity contribution in [2.24, 2.45) is 5.92 Å². The van der Waals surface area contributed by atoms with Crippen LogP contribution in [0.15, 0.2) is 23.1 Å². The number of nitrogen functional groups attached to an aromatic ring is 1. The number of benzene rings is 1. The molecule has 0 aliphatic heterocycles. The summed E-state index contributed by atoms with van der Waals surface area (Å²) in [6, 6.07) is 4.26. The zero-order chi connectivity index (χ0) is 14.8. The quantitative estimate of drug-likeness (QED) is 0.695. The van der Waals surface area contributed by atoms with Gasteiger partial charge in [0, 0.05) is 18.3 Å². The SMILES string of the molecule is COc1ccc(N)cc1S(=O)(=O)NC1CCCC1CO. The summed E-state index contributed by atoms with van der Waals surface area (Å²) < 4.78 is 32.6. The van der Waals surface area contributed by atoms with Crippen molar-refractivity contribution >= 4 is 15.7 Å². The van der Waals surface area contributed by atoms with Gasteiger partial charge in [-0.25, -0.2) is 13.1 Å². The molecule has 1 fully saturated rings. The Hall–Kier alpha value is -1.31. The highest BCUT2D eigenvalue weighted by Crippen LogP contribution is 2.30. The standard InChI is InChI=1S/C13H20N2O4S/c1-19-12-6-5-10(14)7-13(12)20(17,18)15-11-4-2-3-9(11)8-16/h5-7,9,11,15-16H,2-4,8,14H2,1H3. The second-order valence-electron chi connectivity index (χ2n) is 5.01. The molecule has 1 aromatic carbocycles. The molecule has 2 rings (SSSR count). The number of aliphatic hydroxyl groups is 1. The molecule has 6 nitrogen and oxygen atoms in total. The molecule has 1 saturated carbocycles. The Balaban J connectivity index is 2.28. The minimum atomic E-state index is -3.72. The lowest BCUT2D eigenvalue weighted by atomic mass is 10.1. The summed E-state index contributed by atoms with van der Waals surface area (Å²) in [5.74, 6) is 0.224. The normalized spacial score (nSPS) is 22.9. The highest BCUT2D eigenvalue weighted by atomic mass is 32.2. The van der Waals surface area contributed by atoms with Gasteiger partial charge in [0.05, 0.1) is 7.11 Å². The van der Waals surface area contributed by atoms with E-state index in [9.17, 15) is 13.5 Å². The van der Waals surface area contributed by atoms with Gasteiger partial charge in [0.2, 0.25) is 10.0 Å². The molecule has 0 heterocycles. The van der Waals surface area contributed by atoms with Crippen molar-refractivity contribution in [1.82, 2.24) is 4.72 Å². The van der Waals surface area contributed by atoms with E-state index in [4.69, 9.17) is 10.5 Å². The smallest absolute Gasteiger partial charge is 0.244 e. The van der Waals surface area contributed by atoms with E-state index < -0.39 is 10.0 Å². The summed E-state index contributed by atoms with van der Waals surface area (Å²) in [6.07, 6.45) is 2.47. The van der Waals surface area contributed by atoms with E-state index in [1.165, 1.54) is 19.2 Å². The lowest BCUT2D eigenvalue weighted by Crippen LogP contribution is -2.38. The van der Waals surface area contributed by atoms with Gasteiger partial charge in [-0.2, -0.15) is 0 Å². The van der Waals surface area contributed by atoms with Crippen LogP contribution in [0.2, 0.25) is 0 Å². The number of methoxy groups -OCH3 is 1. The molecule has 2 unspecified atom stereocenters. The first kappa shape index (κ1) is 15.1. The van der Waals surface area contributed by atoms with Gasteiger partial charge in [-0.05, 0) is 37.0 Å². The van der Waals surface area contributed by atoms with Crippen LogP contribution in [-0.4, -0.2) is 33.3 Å². The number of hydrogen-bond donors (Lipinski definition) is 3. The average molecular weight is 300 g/mol. The van der Waals surface area contributed by atoms with Crippen molar-refractivity contribution in [2.45, 2.75) is 30.2 Å². The largest absolute Gasteiger partial charge is 0.495 e. The van der Waals surface area contributed by atoms with Crippen molar-refractivity contribution in [1.29, 1.82) is 0 Å². The summed E-state index contributed by atoms with van der Waals surface area (Å²) in [4.78, 5) is 0.0311. The van der Waals surface area contributed by atoms with Crippen LogP contribution in [-0.2, 0) is 10.0 Å². The van der Waals surface area contributed by atoms with Gasteiger partial charge >= 0.3 is 0 Å². The van der Waals surface area contributed by atoms with Crippen LogP contribution in [0.25, 0.3) is 0 Å². The molecule has 1 aromatic rings. The van der Waals surface area contributed by atoms with Gasteiger partial charge in [0.25, 0.3) is 0 Å². The number of aliphatic hydroxyl groups excluding tert-OH is 1. The Kier molecular flexibility index (Phi) is 4.52. The Morgan fingerprint density at radius 3 is 2.85 bits per heavy atom. The molecule has 2 atom stereocenters. The summed E-state index contributed by atoms with van der Waals surface area (Å²) in [7, 11) is -2.30. The number of ether oxygens (including phenoxy) is 1. The third kappa shape index (κ3) is 3.05. The molecule has 0 bridgehead atoms. The molecule has 20 heavy (non-hydrogen) atoms. The topological polar surface area (TPSA) is 102 Å². The van der Waals surface area contributed by atoms with Gasteiger partial charge in [-0.3, -0.25) is 0 Å². The van der Waals surface area contributed by atoms with Crippen LogP contribution >= 0.6 is 0 Å². The molecule has 1 aliphatic carbocycles. The summed E-state index contributed by atoms with van der Waals surface area (Å²) >= 11 is 0. The molecule has 1 aliphatic rings. The van der Waals surface area contributed by atoms with E-state index in [-0.39, 0.29) is 29.2 Å². The third-order valence-electron chi connectivity index (χ3n) is 3.68. The number of nitrogens with two attached hydrogens (primary N) is 1. The summed E-state index contributed by atoms with van der Waals surface area (Å²) in [5.41, 5.74) is 6.01. The van der Waals surface area contributed by atoms with Crippen molar-refractivity contribution < 1.29 is 18.3 Å². The second-order valence-corrected chi connectivity index (χ2v) is 6.69. The van der Waals surface area contributed by atoms with Crippen LogP contribution < -0.4 is 15.2 Å². The molecule has 112 valence electrons. The van der Waals surface area contributed by atoms with Crippen molar-refractivity contribution in [3.63, 3.8) is 0 Å². The first-order chi connectivity index (χ1) is 9.47. The average Bonchev–Trinajstić information content (AvgIpc) is 2.85. The van der Waals surface area contributed by atoms with Crippen LogP contribution in [0.4, 0.5) is 5.69 Å². The van der Waals surface area contributed by atoms with E-state index in [2.05, 4.69) is 4.72 Å². The van der Waals surface area contributed by atoms with Gasteiger partial charge in [-0.1, -0.05) is 6.42 Å². The maximum atomic E-state index is 12.5. The zero-order valence-electron chi connectivity index (χ0n) is 11.4. The molecule has 7 heteroatoms. The molecule has 0 amide bonds. The molecule has 0 radical (unpaired) electrons. The minimum absolute atomic E-state index is 0.0126. The fourth-order valence-corrected chi connectivity index (χ4v) is 4.12. The number of rotatable bonds is 5. The number of sulfonamides is 1.